The van der Waals surface area contributed by atoms with Crippen LogP contribution in [0, 0.1) is 5.92 Å². The molecule has 1 aromatic carbocycles. The first-order valence-electron chi connectivity index (χ1n) is 9.53. The van der Waals surface area contributed by atoms with E-state index >= 15 is 0 Å². The van der Waals surface area contributed by atoms with Crippen molar-refractivity contribution in [2.24, 2.45) is 15.9 Å². The van der Waals surface area contributed by atoms with Gasteiger partial charge in [-0.25, -0.2) is 0 Å². The summed E-state index contributed by atoms with van der Waals surface area (Å²) < 4.78 is 0. The molecule has 2 rings (SSSR count). The van der Waals surface area contributed by atoms with Crippen LogP contribution < -0.4 is 5.19 Å². The van der Waals surface area contributed by atoms with E-state index in [1.165, 1.54) is 16.5 Å². The van der Waals surface area contributed by atoms with E-state index in [9.17, 15) is 0 Å². The van der Waals surface area contributed by atoms with Crippen LogP contribution in [0.1, 0.15) is 39.7 Å². The van der Waals surface area contributed by atoms with Gasteiger partial charge in [0.25, 0.3) is 0 Å². The molecule has 1 heterocycles. The molecule has 0 spiro atoms. The van der Waals surface area contributed by atoms with E-state index in [1.54, 1.807) is 0 Å². The molecule has 25 heavy (non-hydrogen) atoms. The van der Waals surface area contributed by atoms with E-state index in [1.807, 2.05) is 0 Å². The summed E-state index contributed by atoms with van der Waals surface area (Å²) in [5.41, 5.74) is 3.65. The first-order valence-corrected chi connectivity index (χ1v) is 12.7. The van der Waals surface area contributed by atoms with E-state index in [0.29, 0.717) is 12.5 Å². The largest absolute Gasteiger partial charge is 0.396 e. The number of aliphatic hydroxyl groups excluding tert-OH is 1. The van der Waals surface area contributed by atoms with Crippen LogP contribution in [0.2, 0.25) is 19.1 Å². The summed E-state index contributed by atoms with van der Waals surface area (Å²) in [6.45, 7) is 13.7. The average Bonchev–Trinajstić information content (AvgIpc) is 2.56. The van der Waals surface area contributed by atoms with Gasteiger partial charge in [0.05, 0.1) is 20.2 Å². The van der Waals surface area contributed by atoms with Gasteiger partial charge in [0.2, 0.25) is 0 Å². The fraction of sp³-hybridized carbons (Fsp3) is 0.619. The zero-order valence-electron chi connectivity index (χ0n) is 16.7. The zero-order chi connectivity index (χ0) is 18.6. The second-order valence-electron chi connectivity index (χ2n) is 8.36. The van der Waals surface area contributed by atoms with Crippen LogP contribution in [0.3, 0.4) is 0 Å². The number of aliphatic imine (C=N–C) groups is 2. The first kappa shape index (κ1) is 20.1. The Morgan fingerprint density at radius 1 is 1.04 bits per heavy atom. The van der Waals surface area contributed by atoms with E-state index < -0.39 is 8.07 Å². The van der Waals surface area contributed by atoms with Crippen LogP contribution >= 0.6 is 0 Å². The van der Waals surface area contributed by atoms with Crippen LogP contribution in [0.5, 0.6) is 0 Å². The maximum Gasteiger partial charge on any atom is 0.0913 e. The maximum absolute atomic E-state index is 9.10. The zero-order valence-corrected chi connectivity index (χ0v) is 17.7. The molecular formula is C21H34N2OSi. The van der Waals surface area contributed by atoms with Gasteiger partial charge in [0.1, 0.15) is 0 Å². The summed E-state index contributed by atoms with van der Waals surface area (Å²) in [4.78, 5) is 9.84. The minimum absolute atomic E-state index is 0.181. The molecule has 0 aromatic heterocycles. The molecule has 138 valence electrons. The standard InChI is InChI=1S/C21H34N2OSi/c1-15(2)21-17(4)22-20(16(3)23-21)14-18-8-10-19(11-9-18)25(5,6)13-7-12-24/h8-11,15,20-21,24H,7,12-14H2,1-6H3/t20-,21+/m0/s1. The fourth-order valence-electron chi connectivity index (χ4n) is 3.62. The van der Waals surface area contributed by atoms with Gasteiger partial charge in [-0.05, 0) is 31.7 Å². The Labute approximate surface area is 154 Å². The van der Waals surface area contributed by atoms with E-state index in [4.69, 9.17) is 15.1 Å². The highest BCUT2D eigenvalue weighted by Crippen LogP contribution is 2.19. The third-order valence-electron chi connectivity index (χ3n) is 5.37. The summed E-state index contributed by atoms with van der Waals surface area (Å²) in [5.74, 6) is 0.505. The SMILES string of the molecule is CC1=N[C@H](C(C)C)C(C)=N[C@H]1Cc1ccc([Si](C)(C)CCCO)cc1. The second kappa shape index (κ2) is 8.41. The van der Waals surface area contributed by atoms with E-state index in [2.05, 4.69) is 65.1 Å². The fourth-order valence-corrected chi connectivity index (χ4v) is 6.02. The topological polar surface area (TPSA) is 45.0 Å². The van der Waals surface area contributed by atoms with Gasteiger partial charge in [-0.3, -0.25) is 9.98 Å². The van der Waals surface area contributed by atoms with Crippen molar-refractivity contribution in [3.8, 4) is 0 Å². The smallest absolute Gasteiger partial charge is 0.0913 e. The lowest BCUT2D eigenvalue weighted by Gasteiger charge is -2.27. The van der Waals surface area contributed by atoms with Gasteiger partial charge >= 0.3 is 0 Å². The highest BCUT2D eigenvalue weighted by molar-refractivity contribution is 6.89. The molecular weight excluding hydrogens is 324 g/mol. The number of hydrogen-bond acceptors (Lipinski definition) is 3. The van der Waals surface area contributed by atoms with Crippen molar-refractivity contribution in [1.29, 1.82) is 0 Å². The Kier molecular flexibility index (Phi) is 6.75. The molecule has 1 N–H and O–H groups in total. The lowest BCUT2D eigenvalue weighted by Crippen LogP contribution is -2.41. The Balaban J connectivity index is 2.08. The Hall–Kier alpha value is -1.26. The Morgan fingerprint density at radius 2 is 1.68 bits per heavy atom. The van der Waals surface area contributed by atoms with Crippen molar-refractivity contribution in [3.05, 3.63) is 29.8 Å². The van der Waals surface area contributed by atoms with Crippen LogP contribution in [0.25, 0.3) is 0 Å². The molecule has 0 aliphatic carbocycles. The van der Waals surface area contributed by atoms with Crippen molar-refractivity contribution in [2.75, 3.05) is 6.61 Å². The van der Waals surface area contributed by atoms with Gasteiger partial charge in [0, 0.05) is 24.5 Å². The molecule has 0 radical (unpaired) electrons. The van der Waals surface area contributed by atoms with Gasteiger partial charge < -0.3 is 5.11 Å². The molecule has 0 saturated carbocycles. The number of nitrogens with zero attached hydrogens (tertiary/aromatic N) is 2. The predicted octanol–water partition coefficient (Wildman–Crippen LogP) is 3.86. The first-order chi connectivity index (χ1) is 11.7. The number of hydrogen-bond donors (Lipinski definition) is 1. The molecule has 0 saturated heterocycles. The highest BCUT2D eigenvalue weighted by atomic mass is 28.3. The number of rotatable bonds is 7. The Bertz CT molecular complexity index is 632. The van der Waals surface area contributed by atoms with Gasteiger partial charge in [-0.1, -0.05) is 62.4 Å². The normalized spacial score (nSPS) is 21.3. The molecule has 0 fully saturated rings. The summed E-state index contributed by atoms with van der Waals surface area (Å²) >= 11 is 0. The minimum atomic E-state index is -1.43. The Morgan fingerprint density at radius 3 is 2.24 bits per heavy atom. The molecule has 1 aliphatic heterocycles. The van der Waals surface area contributed by atoms with E-state index in [0.717, 1.165) is 24.6 Å². The van der Waals surface area contributed by atoms with Crippen LogP contribution in [-0.2, 0) is 6.42 Å². The van der Waals surface area contributed by atoms with Crippen molar-refractivity contribution in [3.63, 3.8) is 0 Å². The van der Waals surface area contributed by atoms with Crippen molar-refractivity contribution in [1.82, 2.24) is 0 Å². The molecule has 0 unspecified atom stereocenters. The summed E-state index contributed by atoms with van der Waals surface area (Å²) in [7, 11) is -1.43. The van der Waals surface area contributed by atoms with Crippen molar-refractivity contribution < 1.29 is 5.11 Å². The van der Waals surface area contributed by atoms with Gasteiger partial charge in [-0.15, -0.1) is 0 Å². The third-order valence-corrected chi connectivity index (χ3v) is 8.87. The molecule has 1 aliphatic rings. The average molecular weight is 359 g/mol. The summed E-state index contributed by atoms with van der Waals surface area (Å²) in [5, 5.41) is 10.6. The van der Waals surface area contributed by atoms with Crippen molar-refractivity contribution >= 4 is 24.7 Å². The van der Waals surface area contributed by atoms with Crippen LogP contribution in [-0.4, -0.2) is 43.3 Å². The van der Waals surface area contributed by atoms with Gasteiger partial charge in [0.15, 0.2) is 0 Å². The summed E-state index contributed by atoms with van der Waals surface area (Å²) in [6.07, 6.45) is 1.83. The van der Waals surface area contributed by atoms with E-state index in [-0.39, 0.29) is 12.1 Å². The molecule has 1 aromatic rings. The number of aliphatic hydroxyl groups is 1. The summed E-state index contributed by atoms with van der Waals surface area (Å²) in [6, 6.07) is 10.7. The quantitative estimate of drug-likeness (QED) is 0.739. The van der Waals surface area contributed by atoms with Gasteiger partial charge in [-0.2, -0.15) is 0 Å². The monoisotopic (exact) mass is 358 g/mol. The predicted molar refractivity (Wildman–Crippen MR) is 112 cm³/mol. The van der Waals surface area contributed by atoms with Crippen molar-refractivity contribution in [2.45, 2.75) is 71.8 Å². The molecule has 0 bridgehead atoms. The maximum atomic E-state index is 9.10. The third kappa shape index (κ3) is 5.11. The minimum Gasteiger partial charge on any atom is -0.396 e. The lowest BCUT2D eigenvalue weighted by atomic mass is 9.95. The molecule has 4 heteroatoms. The second-order valence-corrected chi connectivity index (χ2v) is 13.2. The highest BCUT2D eigenvalue weighted by Gasteiger charge is 2.25. The molecule has 0 amide bonds. The van der Waals surface area contributed by atoms with Crippen LogP contribution in [0.4, 0.5) is 0 Å². The molecule has 3 nitrogen and oxygen atoms in total. The molecule has 2 atom stereocenters. The van der Waals surface area contributed by atoms with Crippen LogP contribution in [0.15, 0.2) is 34.3 Å². The number of benzene rings is 1. The lowest BCUT2D eigenvalue weighted by molar-refractivity contribution is 0.294.